The van der Waals surface area contributed by atoms with Gasteiger partial charge in [-0.05, 0) is 20.8 Å². The molecule has 5 atom stereocenters. The summed E-state index contributed by atoms with van der Waals surface area (Å²) >= 11 is 0. The third-order valence-electron chi connectivity index (χ3n) is 4.38. The van der Waals surface area contributed by atoms with Crippen LogP contribution < -0.4 is 0 Å². The van der Waals surface area contributed by atoms with E-state index in [1.165, 1.54) is 0 Å². The van der Waals surface area contributed by atoms with Crippen molar-refractivity contribution in [3.8, 4) is 0 Å². The van der Waals surface area contributed by atoms with Gasteiger partial charge in [0.1, 0.15) is 18.2 Å². The lowest BCUT2D eigenvalue weighted by molar-refractivity contribution is -0.221. The average molecular weight is 325 g/mol. The Morgan fingerprint density at radius 3 is 2.96 bits per heavy atom. The summed E-state index contributed by atoms with van der Waals surface area (Å²) in [7, 11) is 0. The molecule has 2 fully saturated rings. The minimum atomic E-state index is -0.792. The molecule has 0 aliphatic carbocycles. The fourth-order valence-electron chi connectivity index (χ4n) is 3.53. The molecule has 4 rings (SSSR count). The summed E-state index contributed by atoms with van der Waals surface area (Å²) in [5.41, 5.74) is 0.667. The molecular formula is C14H19N3O6. The van der Waals surface area contributed by atoms with Gasteiger partial charge in [-0.3, -0.25) is 0 Å². The fraction of sp³-hybridized carbons (Fsp3) is 0.786. The lowest BCUT2D eigenvalue weighted by Gasteiger charge is -2.33. The number of carbonyl (C=O) groups is 1. The van der Waals surface area contributed by atoms with Gasteiger partial charge in [-0.15, -0.1) is 5.10 Å². The highest BCUT2D eigenvalue weighted by Gasteiger charge is 2.59. The van der Waals surface area contributed by atoms with Gasteiger partial charge < -0.3 is 24.1 Å². The van der Waals surface area contributed by atoms with Crippen molar-refractivity contribution in [2.45, 2.75) is 63.6 Å². The second-order valence-corrected chi connectivity index (χ2v) is 6.38. The summed E-state index contributed by atoms with van der Waals surface area (Å²) in [6.45, 7) is 5.57. The van der Waals surface area contributed by atoms with Gasteiger partial charge in [-0.25, -0.2) is 9.48 Å². The number of carbonyl (C=O) groups excluding carboxylic acids is 1. The predicted molar refractivity (Wildman–Crippen MR) is 73.4 cm³/mol. The van der Waals surface area contributed by atoms with Crippen LogP contribution >= 0.6 is 0 Å². The van der Waals surface area contributed by atoms with Crippen LogP contribution in [-0.2, 0) is 25.4 Å². The van der Waals surface area contributed by atoms with Crippen LogP contribution in [0.5, 0.6) is 0 Å². The molecule has 0 amide bonds. The van der Waals surface area contributed by atoms with Crippen molar-refractivity contribution in [1.29, 1.82) is 0 Å². The zero-order valence-electron chi connectivity index (χ0n) is 13.1. The number of aliphatic hydroxyl groups is 1. The van der Waals surface area contributed by atoms with Crippen molar-refractivity contribution >= 4 is 5.97 Å². The average Bonchev–Trinajstić information content (AvgIpc) is 3.09. The maximum Gasteiger partial charge on any atom is 0.360 e. The molecule has 0 unspecified atom stereocenters. The molecule has 4 heterocycles. The van der Waals surface area contributed by atoms with Crippen molar-refractivity contribution in [3.05, 3.63) is 11.4 Å². The fourth-order valence-corrected chi connectivity index (χ4v) is 3.53. The molecule has 1 aromatic rings. The second kappa shape index (κ2) is 4.97. The molecule has 0 radical (unpaired) electrons. The van der Waals surface area contributed by atoms with Crippen LogP contribution in [0.15, 0.2) is 0 Å². The van der Waals surface area contributed by atoms with Crippen molar-refractivity contribution in [2.75, 3.05) is 6.61 Å². The Labute approximate surface area is 132 Å². The van der Waals surface area contributed by atoms with E-state index in [9.17, 15) is 9.90 Å². The molecule has 3 aliphatic heterocycles. The van der Waals surface area contributed by atoms with Gasteiger partial charge in [0.15, 0.2) is 17.8 Å². The lowest BCUT2D eigenvalue weighted by atomic mass is 9.94. The quantitative estimate of drug-likeness (QED) is 0.745. The summed E-state index contributed by atoms with van der Waals surface area (Å²) in [4.78, 5) is 12.0. The Bertz CT molecular complexity index is 644. The van der Waals surface area contributed by atoms with Crippen LogP contribution in [-0.4, -0.2) is 63.1 Å². The largest absolute Gasteiger partial charge is 0.461 e. The summed E-state index contributed by atoms with van der Waals surface area (Å²) in [6, 6.07) is -0.392. The zero-order chi connectivity index (χ0) is 16.4. The first-order valence-electron chi connectivity index (χ1n) is 7.71. The molecule has 3 aliphatic rings. The summed E-state index contributed by atoms with van der Waals surface area (Å²) in [6.07, 6.45) is -2.08. The van der Waals surface area contributed by atoms with E-state index in [0.717, 1.165) is 0 Å². The van der Waals surface area contributed by atoms with Crippen LogP contribution in [0.4, 0.5) is 0 Å². The van der Waals surface area contributed by atoms with E-state index < -0.39 is 42.4 Å². The SMILES string of the molecule is CCOC(=O)c1nnn2c1C[C@H](O)[C@@H]1O[C@@H]3OC(C)(C)O[C@@H]3[C@@H]12. The van der Waals surface area contributed by atoms with Gasteiger partial charge in [0.25, 0.3) is 0 Å². The molecule has 0 spiro atoms. The van der Waals surface area contributed by atoms with E-state index in [1.807, 2.05) is 0 Å². The third-order valence-corrected chi connectivity index (χ3v) is 4.38. The van der Waals surface area contributed by atoms with Crippen LogP contribution in [0, 0.1) is 0 Å². The first kappa shape index (κ1) is 15.0. The summed E-state index contributed by atoms with van der Waals surface area (Å²) in [5.74, 6) is -1.31. The van der Waals surface area contributed by atoms with Gasteiger partial charge >= 0.3 is 5.97 Å². The van der Waals surface area contributed by atoms with Crippen LogP contribution in [0.3, 0.4) is 0 Å². The third kappa shape index (κ3) is 2.18. The Morgan fingerprint density at radius 1 is 1.43 bits per heavy atom. The smallest absolute Gasteiger partial charge is 0.360 e. The van der Waals surface area contributed by atoms with Gasteiger partial charge in [0.2, 0.25) is 0 Å². The van der Waals surface area contributed by atoms with E-state index in [1.54, 1.807) is 25.5 Å². The van der Waals surface area contributed by atoms with Gasteiger partial charge in [0.05, 0.1) is 18.4 Å². The number of ether oxygens (including phenoxy) is 4. The minimum absolute atomic E-state index is 0.131. The van der Waals surface area contributed by atoms with Gasteiger partial charge in [-0.2, -0.15) is 0 Å². The molecule has 1 aromatic heterocycles. The first-order valence-corrected chi connectivity index (χ1v) is 7.71. The Balaban J connectivity index is 1.71. The second-order valence-electron chi connectivity index (χ2n) is 6.38. The number of hydrogen-bond acceptors (Lipinski definition) is 8. The highest BCUT2D eigenvalue weighted by atomic mass is 16.8. The predicted octanol–water partition coefficient (Wildman–Crippen LogP) is -0.211. The number of aromatic nitrogens is 3. The topological polar surface area (TPSA) is 105 Å². The molecular weight excluding hydrogens is 306 g/mol. The maximum absolute atomic E-state index is 12.0. The van der Waals surface area contributed by atoms with Gasteiger partial charge in [0, 0.05) is 6.42 Å². The van der Waals surface area contributed by atoms with Crippen molar-refractivity contribution in [2.24, 2.45) is 0 Å². The molecule has 23 heavy (non-hydrogen) atoms. The molecule has 9 heteroatoms. The molecule has 126 valence electrons. The van der Waals surface area contributed by atoms with Crippen LogP contribution in [0.25, 0.3) is 0 Å². The number of rotatable bonds is 2. The normalized spacial score (nSPS) is 37.1. The Morgan fingerprint density at radius 2 is 2.22 bits per heavy atom. The molecule has 2 saturated heterocycles. The number of fused-ring (bicyclic) bond motifs is 5. The Kier molecular flexibility index (Phi) is 3.24. The van der Waals surface area contributed by atoms with E-state index in [0.29, 0.717) is 5.69 Å². The number of esters is 1. The van der Waals surface area contributed by atoms with E-state index in [2.05, 4.69) is 10.3 Å². The summed E-state index contributed by atoms with van der Waals surface area (Å²) in [5, 5.41) is 18.4. The lowest BCUT2D eigenvalue weighted by Crippen LogP contribution is -2.44. The highest BCUT2D eigenvalue weighted by molar-refractivity contribution is 5.88. The molecule has 9 nitrogen and oxygen atoms in total. The Hall–Kier alpha value is -1.55. The van der Waals surface area contributed by atoms with Gasteiger partial charge in [-0.1, -0.05) is 5.21 Å². The summed E-state index contributed by atoms with van der Waals surface area (Å²) < 4.78 is 24.0. The van der Waals surface area contributed by atoms with E-state index in [-0.39, 0.29) is 18.7 Å². The van der Waals surface area contributed by atoms with Crippen LogP contribution in [0.1, 0.15) is 43.0 Å². The highest BCUT2D eigenvalue weighted by Crippen LogP contribution is 2.46. The monoisotopic (exact) mass is 325 g/mol. The maximum atomic E-state index is 12.0. The van der Waals surface area contributed by atoms with E-state index in [4.69, 9.17) is 18.9 Å². The van der Waals surface area contributed by atoms with Crippen LogP contribution in [0.2, 0.25) is 0 Å². The minimum Gasteiger partial charge on any atom is -0.461 e. The number of nitrogens with zero attached hydrogens (tertiary/aromatic N) is 3. The van der Waals surface area contributed by atoms with Crippen molar-refractivity contribution in [3.63, 3.8) is 0 Å². The molecule has 0 aromatic carbocycles. The molecule has 0 saturated carbocycles. The van der Waals surface area contributed by atoms with E-state index >= 15 is 0 Å². The van der Waals surface area contributed by atoms with Crippen molar-refractivity contribution in [1.82, 2.24) is 15.0 Å². The zero-order valence-corrected chi connectivity index (χ0v) is 13.1. The number of aliphatic hydroxyl groups excluding tert-OH is 1. The molecule has 0 bridgehead atoms. The molecule has 1 N–H and O–H groups in total. The number of hydrogen-bond donors (Lipinski definition) is 1. The first-order chi connectivity index (χ1) is 10.9. The van der Waals surface area contributed by atoms with Crippen molar-refractivity contribution < 1.29 is 28.8 Å². The standard InChI is InChI=1S/C14H19N3O6/c1-4-20-12(19)8-6-5-7(18)10-9(17(6)16-15-8)11-13(21-10)23-14(2,3)22-11/h7,9-11,13,18H,4-5H2,1-3H3/t7-,9+,10-,11+,13+/m0/s1.